The maximum absolute atomic E-state index is 12.2. The molecule has 0 amide bonds. The highest BCUT2D eigenvalue weighted by atomic mass is 16.5. The second kappa shape index (κ2) is 9.12. The molecule has 1 unspecified atom stereocenters. The topological polar surface area (TPSA) is 64.2 Å². The fraction of sp³-hybridized carbons (Fsp3) is 0.417. The number of nitrogens with zero attached hydrogens (tertiary/aromatic N) is 1. The van der Waals surface area contributed by atoms with Crippen LogP contribution in [0, 0.1) is 0 Å². The van der Waals surface area contributed by atoms with Gasteiger partial charge in [0, 0.05) is 40.6 Å². The first-order chi connectivity index (χ1) is 14.2. The summed E-state index contributed by atoms with van der Waals surface area (Å²) in [7, 11) is 0. The van der Waals surface area contributed by atoms with Crippen molar-refractivity contribution in [3.63, 3.8) is 0 Å². The Kier molecular flexibility index (Phi) is 6.13. The Morgan fingerprint density at radius 1 is 1.24 bits per heavy atom. The zero-order chi connectivity index (χ0) is 20.1. The highest BCUT2D eigenvalue weighted by molar-refractivity contribution is 5.87. The SMILES string of the molecule is CCOC(=O)CC1CCCCCc2[nH]c3cc(OCc4cccnc4)ccc3c21. The maximum Gasteiger partial charge on any atom is 0.306 e. The van der Waals surface area contributed by atoms with Gasteiger partial charge >= 0.3 is 5.97 Å². The smallest absolute Gasteiger partial charge is 0.306 e. The molecule has 0 spiro atoms. The van der Waals surface area contributed by atoms with Crippen molar-refractivity contribution in [3.8, 4) is 5.75 Å². The molecular weight excluding hydrogens is 364 g/mol. The minimum Gasteiger partial charge on any atom is -0.489 e. The lowest BCUT2D eigenvalue weighted by atomic mass is 9.85. The van der Waals surface area contributed by atoms with E-state index < -0.39 is 0 Å². The van der Waals surface area contributed by atoms with E-state index in [0.717, 1.165) is 36.1 Å². The number of nitrogens with one attached hydrogen (secondary N) is 1. The summed E-state index contributed by atoms with van der Waals surface area (Å²) in [5.41, 5.74) is 4.68. The van der Waals surface area contributed by atoms with E-state index in [0.29, 0.717) is 19.6 Å². The molecule has 0 saturated carbocycles. The highest BCUT2D eigenvalue weighted by Crippen LogP contribution is 2.38. The van der Waals surface area contributed by atoms with Gasteiger partial charge in [-0.05, 0) is 55.9 Å². The predicted octanol–water partition coefficient (Wildman–Crippen LogP) is 5.30. The van der Waals surface area contributed by atoms with Gasteiger partial charge in [-0.3, -0.25) is 9.78 Å². The molecule has 0 radical (unpaired) electrons. The third-order valence-corrected chi connectivity index (χ3v) is 5.63. The molecule has 1 aromatic carbocycles. The summed E-state index contributed by atoms with van der Waals surface area (Å²) in [6, 6.07) is 10.1. The number of rotatable bonds is 6. The van der Waals surface area contributed by atoms with Crippen molar-refractivity contribution in [3.05, 3.63) is 59.5 Å². The molecule has 1 N–H and O–H groups in total. The summed E-state index contributed by atoms with van der Waals surface area (Å²) in [5.74, 6) is 0.938. The first-order valence-electron chi connectivity index (χ1n) is 10.6. The van der Waals surface area contributed by atoms with E-state index in [-0.39, 0.29) is 11.9 Å². The Morgan fingerprint density at radius 3 is 3.00 bits per heavy atom. The average Bonchev–Trinajstić information content (AvgIpc) is 3.07. The van der Waals surface area contributed by atoms with Crippen LogP contribution in [0.5, 0.6) is 5.75 Å². The van der Waals surface area contributed by atoms with Crippen molar-refractivity contribution < 1.29 is 14.3 Å². The first-order valence-corrected chi connectivity index (χ1v) is 10.6. The zero-order valence-electron chi connectivity index (χ0n) is 16.9. The molecule has 29 heavy (non-hydrogen) atoms. The van der Waals surface area contributed by atoms with Gasteiger partial charge in [0.2, 0.25) is 0 Å². The quantitative estimate of drug-likeness (QED) is 0.579. The van der Waals surface area contributed by atoms with Gasteiger partial charge in [-0.25, -0.2) is 0 Å². The van der Waals surface area contributed by atoms with Crippen molar-refractivity contribution in [1.82, 2.24) is 9.97 Å². The number of hydrogen-bond acceptors (Lipinski definition) is 4. The molecule has 0 bridgehead atoms. The molecule has 2 heterocycles. The summed E-state index contributed by atoms with van der Waals surface area (Å²) in [4.78, 5) is 19.9. The van der Waals surface area contributed by atoms with Gasteiger partial charge in [0.05, 0.1) is 13.0 Å². The summed E-state index contributed by atoms with van der Waals surface area (Å²) in [6.45, 7) is 2.79. The molecule has 0 aliphatic heterocycles. The van der Waals surface area contributed by atoms with Crippen LogP contribution in [0.1, 0.15) is 61.8 Å². The van der Waals surface area contributed by atoms with Crippen LogP contribution in [0.2, 0.25) is 0 Å². The number of fused-ring (bicyclic) bond motifs is 3. The van der Waals surface area contributed by atoms with Crippen molar-refractivity contribution in [2.75, 3.05) is 6.61 Å². The van der Waals surface area contributed by atoms with Gasteiger partial charge in [-0.15, -0.1) is 0 Å². The lowest BCUT2D eigenvalue weighted by Crippen LogP contribution is -2.13. The van der Waals surface area contributed by atoms with E-state index in [9.17, 15) is 4.79 Å². The van der Waals surface area contributed by atoms with Gasteiger partial charge in [0.25, 0.3) is 0 Å². The normalized spacial score (nSPS) is 16.7. The van der Waals surface area contributed by atoms with E-state index in [4.69, 9.17) is 9.47 Å². The minimum atomic E-state index is -0.102. The van der Waals surface area contributed by atoms with Crippen LogP contribution < -0.4 is 4.74 Å². The summed E-state index contributed by atoms with van der Waals surface area (Å²) >= 11 is 0. The fourth-order valence-electron chi connectivity index (χ4n) is 4.30. The molecular formula is C24H28N2O3. The van der Waals surface area contributed by atoms with Gasteiger partial charge in [0.15, 0.2) is 0 Å². The van der Waals surface area contributed by atoms with Gasteiger partial charge in [0.1, 0.15) is 12.4 Å². The number of pyridine rings is 1. The molecule has 152 valence electrons. The number of aromatic amines is 1. The van der Waals surface area contributed by atoms with E-state index in [1.165, 1.54) is 29.5 Å². The third kappa shape index (κ3) is 4.61. The zero-order valence-corrected chi connectivity index (χ0v) is 16.9. The lowest BCUT2D eigenvalue weighted by Gasteiger charge is -2.20. The second-order valence-electron chi connectivity index (χ2n) is 7.68. The molecule has 1 atom stereocenters. The number of carbonyl (C=O) groups is 1. The Labute approximate surface area is 171 Å². The van der Waals surface area contributed by atoms with E-state index in [2.05, 4.69) is 22.1 Å². The van der Waals surface area contributed by atoms with Crippen LogP contribution in [-0.2, 0) is 22.6 Å². The van der Waals surface area contributed by atoms with Gasteiger partial charge in [-0.2, -0.15) is 0 Å². The summed E-state index contributed by atoms with van der Waals surface area (Å²) in [5, 5.41) is 1.20. The molecule has 5 nitrogen and oxygen atoms in total. The van der Waals surface area contributed by atoms with Crippen LogP contribution in [-0.4, -0.2) is 22.5 Å². The van der Waals surface area contributed by atoms with Crippen LogP contribution in [0.3, 0.4) is 0 Å². The predicted molar refractivity (Wildman–Crippen MR) is 113 cm³/mol. The monoisotopic (exact) mass is 392 g/mol. The average molecular weight is 392 g/mol. The minimum absolute atomic E-state index is 0.102. The Bertz CT molecular complexity index is 965. The number of esters is 1. The fourth-order valence-corrected chi connectivity index (χ4v) is 4.30. The summed E-state index contributed by atoms with van der Waals surface area (Å²) in [6.07, 6.45) is 9.61. The van der Waals surface area contributed by atoms with Crippen LogP contribution in [0.15, 0.2) is 42.7 Å². The number of carbonyl (C=O) groups excluding carboxylic acids is 1. The molecule has 5 heteroatoms. The van der Waals surface area contributed by atoms with Crippen molar-refractivity contribution in [2.24, 2.45) is 0 Å². The van der Waals surface area contributed by atoms with Crippen molar-refractivity contribution in [1.29, 1.82) is 0 Å². The van der Waals surface area contributed by atoms with Crippen LogP contribution in [0.25, 0.3) is 10.9 Å². The number of hydrogen-bond donors (Lipinski definition) is 1. The molecule has 0 fully saturated rings. The van der Waals surface area contributed by atoms with Crippen molar-refractivity contribution >= 4 is 16.9 Å². The first kappa shape index (κ1) is 19.5. The number of ether oxygens (including phenoxy) is 2. The number of aromatic nitrogens is 2. The highest BCUT2D eigenvalue weighted by Gasteiger charge is 2.25. The number of benzene rings is 1. The third-order valence-electron chi connectivity index (χ3n) is 5.63. The standard InChI is InChI=1S/C24H28N2O3/c1-2-28-23(27)13-18-8-4-3-5-9-21-24(18)20-11-10-19(14-22(20)26-21)29-16-17-7-6-12-25-15-17/h6-7,10-12,14-15,18,26H,2-5,8-9,13,16H2,1H3. The molecule has 2 aromatic heterocycles. The lowest BCUT2D eigenvalue weighted by molar-refractivity contribution is -0.143. The molecule has 1 aliphatic rings. The number of H-pyrrole nitrogens is 1. The van der Waals surface area contributed by atoms with E-state index in [1.54, 1.807) is 6.20 Å². The Hall–Kier alpha value is -2.82. The second-order valence-corrected chi connectivity index (χ2v) is 7.68. The van der Waals surface area contributed by atoms with Gasteiger partial charge in [-0.1, -0.05) is 18.9 Å². The Morgan fingerprint density at radius 2 is 2.17 bits per heavy atom. The van der Waals surface area contributed by atoms with Crippen molar-refractivity contribution in [2.45, 2.75) is 58.0 Å². The van der Waals surface area contributed by atoms with E-state index >= 15 is 0 Å². The number of aryl methyl sites for hydroxylation is 1. The molecule has 0 saturated heterocycles. The van der Waals surface area contributed by atoms with Crippen LogP contribution >= 0.6 is 0 Å². The van der Waals surface area contributed by atoms with Crippen LogP contribution in [0.4, 0.5) is 0 Å². The molecule has 1 aliphatic carbocycles. The van der Waals surface area contributed by atoms with Gasteiger partial charge < -0.3 is 14.5 Å². The molecule has 3 aromatic rings. The molecule has 4 rings (SSSR count). The Balaban J connectivity index is 1.60. The van der Waals surface area contributed by atoms with E-state index in [1.807, 2.05) is 31.3 Å². The summed E-state index contributed by atoms with van der Waals surface area (Å²) < 4.78 is 11.2. The maximum atomic E-state index is 12.2. The largest absolute Gasteiger partial charge is 0.489 e.